The number of ether oxygens (including phenoxy) is 4. The van der Waals surface area contributed by atoms with Gasteiger partial charge >= 0.3 is 6.09 Å². The number of hydrogen-bond acceptors (Lipinski definition) is 9. The highest BCUT2D eigenvalue weighted by atomic mass is 35.5. The van der Waals surface area contributed by atoms with Gasteiger partial charge in [-0.25, -0.2) is 9.18 Å². The molecule has 6 atom stereocenters. The number of alkyl halides is 1. The maximum Gasteiger partial charge on any atom is 0.410 e. The third kappa shape index (κ3) is 10.4. The number of aliphatic hydroxyl groups is 2. The quantitative estimate of drug-likeness (QED) is 0.0368. The summed E-state index contributed by atoms with van der Waals surface area (Å²) in [7, 11) is 0. The fourth-order valence-electron chi connectivity index (χ4n) is 9.63. The van der Waals surface area contributed by atoms with E-state index >= 15 is 0 Å². The van der Waals surface area contributed by atoms with Gasteiger partial charge in [-0.05, 0) is 109 Å². The molecular weight excluding hydrogens is 823 g/mol. The predicted molar refractivity (Wildman–Crippen MR) is 243 cm³/mol. The van der Waals surface area contributed by atoms with Gasteiger partial charge in [0.1, 0.15) is 42.3 Å². The van der Waals surface area contributed by atoms with Crippen LogP contribution in [-0.4, -0.2) is 77.7 Å². The van der Waals surface area contributed by atoms with Crippen LogP contribution in [0.2, 0.25) is 0 Å². The topological polar surface area (TPSA) is 119 Å². The molecule has 334 valence electrons. The molecule has 1 aliphatic heterocycles. The molecule has 0 bridgehead atoms. The van der Waals surface area contributed by atoms with Crippen molar-refractivity contribution in [3.63, 3.8) is 0 Å². The standard InChI is InChI=1S/C51H58ClFN2O8/c1-3-29-60-51-47(55(50(58)59-30-26-52)34-35-16-20-39(53)21-17-35)33-45(54-61-4-2)43-31-38(14-8-10-27-56)42(15-9-11-28-57)48(49(43)51)44-32-41(24-25-46(44)63-51)62-40-22-18-37(19-23-40)36-12-6-5-7-13-36/h3,5-7,12-13,16-25,31-32,38,42,47-49,56-57H,1,4,8-11,14-15,26-30,33-34H2,2H3. The number of amides is 1. The fraction of sp³-hybridized carbons (Fsp3) is 0.412. The smallest absolute Gasteiger partial charge is 0.410 e. The van der Waals surface area contributed by atoms with Crippen molar-refractivity contribution >= 4 is 23.4 Å². The Hall–Kier alpha value is -5.20. The molecule has 2 aliphatic carbocycles. The van der Waals surface area contributed by atoms with Crippen molar-refractivity contribution in [1.29, 1.82) is 0 Å². The first-order valence-electron chi connectivity index (χ1n) is 22.1. The number of unbranched alkanes of at least 4 members (excludes halogenated alkanes) is 2. The number of fused-ring (bicyclic) bond motifs is 2. The van der Waals surface area contributed by atoms with Gasteiger partial charge in [-0.3, -0.25) is 4.90 Å². The number of aliphatic hydroxyl groups excluding tert-OH is 2. The molecule has 1 heterocycles. The van der Waals surface area contributed by atoms with E-state index in [0.717, 1.165) is 47.9 Å². The molecule has 1 fully saturated rings. The van der Waals surface area contributed by atoms with Gasteiger partial charge in [0.2, 0.25) is 5.79 Å². The van der Waals surface area contributed by atoms with Crippen LogP contribution in [0.25, 0.3) is 11.1 Å². The molecule has 3 aliphatic rings. The number of oxime groups is 1. The Kier molecular flexibility index (Phi) is 15.9. The average molecular weight is 881 g/mol. The summed E-state index contributed by atoms with van der Waals surface area (Å²) < 4.78 is 41.0. The Bertz CT molecular complexity index is 2190. The lowest BCUT2D eigenvalue weighted by molar-refractivity contribution is -0.256. The van der Waals surface area contributed by atoms with E-state index in [1.165, 1.54) is 12.1 Å². The molecular formula is C51H58ClFN2O8. The second kappa shape index (κ2) is 21.9. The number of halogens is 2. The SMILES string of the molecule is C=CCOC12Oc3ccc(Oc4ccc(-c5ccccc5)cc4)cc3C3C(CCCCO)C(CCCCO)C=C(C(=NOCC)CC1N(Cc1ccc(F)cc1)C(=O)OCCCl)C32. The summed E-state index contributed by atoms with van der Waals surface area (Å²) in [5, 5.41) is 24.6. The van der Waals surface area contributed by atoms with Crippen LogP contribution in [0.15, 0.2) is 127 Å². The molecule has 7 rings (SSSR count). The highest BCUT2D eigenvalue weighted by Crippen LogP contribution is 2.62. The summed E-state index contributed by atoms with van der Waals surface area (Å²) in [5.41, 5.74) is 5.35. The second-order valence-electron chi connectivity index (χ2n) is 16.2. The highest BCUT2D eigenvalue weighted by molar-refractivity contribution is 6.18. The van der Waals surface area contributed by atoms with Crippen LogP contribution in [0.1, 0.15) is 68.9 Å². The molecule has 12 heteroatoms. The average Bonchev–Trinajstić information content (AvgIpc) is 3.31. The van der Waals surface area contributed by atoms with Crippen molar-refractivity contribution < 1.29 is 43.2 Å². The molecule has 0 saturated heterocycles. The van der Waals surface area contributed by atoms with E-state index in [1.807, 2.05) is 61.5 Å². The number of benzene rings is 4. The van der Waals surface area contributed by atoms with Gasteiger partial charge in [0.25, 0.3) is 0 Å². The zero-order valence-electron chi connectivity index (χ0n) is 35.9. The molecule has 6 unspecified atom stereocenters. The molecule has 0 spiro atoms. The summed E-state index contributed by atoms with van der Waals surface area (Å²) in [5.74, 6) is -0.659. The maximum atomic E-state index is 14.4. The van der Waals surface area contributed by atoms with Gasteiger partial charge < -0.3 is 34.0 Å². The van der Waals surface area contributed by atoms with E-state index in [0.29, 0.717) is 48.0 Å². The molecule has 63 heavy (non-hydrogen) atoms. The number of hydrogen-bond donors (Lipinski definition) is 2. The number of nitrogens with zero attached hydrogens (tertiary/aromatic N) is 2. The van der Waals surface area contributed by atoms with E-state index in [-0.39, 0.29) is 63.0 Å². The van der Waals surface area contributed by atoms with Crippen molar-refractivity contribution in [2.75, 3.05) is 38.9 Å². The van der Waals surface area contributed by atoms with E-state index in [4.69, 9.17) is 40.5 Å². The normalized spacial score (nSPS) is 22.8. The van der Waals surface area contributed by atoms with E-state index in [1.54, 1.807) is 23.1 Å². The minimum absolute atomic E-state index is 0.0135. The number of allylic oxidation sites excluding steroid dienone is 1. The van der Waals surface area contributed by atoms with Crippen LogP contribution < -0.4 is 9.47 Å². The summed E-state index contributed by atoms with van der Waals surface area (Å²) in [6.45, 7) is 6.47. The Balaban J connectivity index is 1.41. The van der Waals surface area contributed by atoms with Crippen molar-refractivity contribution in [3.8, 4) is 28.4 Å². The molecule has 1 saturated carbocycles. The van der Waals surface area contributed by atoms with Gasteiger partial charge in [0.05, 0.1) is 24.1 Å². The lowest BCUT2D eigenvalue weighted by Gasteiger charge is -2.59. The van der Waals surface area contributed by atoms with Crippen LogP contribution in [0.5, 0.6) is 17.2 Å². The monoisotopic (exact) mass is 880 g/mol. The van der Waals surface area contributed by atoms with Crippen LogP contribution in [0.4, 0.5) is 9.18 Å². The molecule has 2 N–H and O–H groups in total. The lowest BCUT2D eigenvalue weighted by atomic mass is 9.55. The van der Waals surface area contributed by atoms with Gasteiger partial charge in [0, 0.05) is 37.7 Å². The van der Waals surface area contributed by atoms with Crippen molar-refractivity contribution in [1.82, 2.24) is 4.90 Å². The molecule has 4 aromatic carbocycles. The largest absolute Gasteiger partial charge is 0.459 e. The van der Waals surface area contributed by atoms with E-state index < -0.39 is 29.7 Å². The first kappa shape index (κ1) is 45.8. The van der Waals surface area contributed by atoms with Gasteiger partial charge in [-0.2, -0.15) is 0 Å². The zero-order chi connectivity index (χ0) is 44.2. The van der Waals surface area contributed by atoms with Gasteiger partial charge in [0.15, 0.2) is 0 Å². The summed E-state index contributed by atoms with van der Waals surface area (Å²) in [6, 6.07) is 29.2. The third-order valence-corrected chi connectivity index (χ3v) is 12.5. The van der Waals surface area contributed by atoms with Crippen LogP contribution in [0, 0.1) is 23.6 Å². The van der Waals surface area contributed by atoms with Crippen LogP contribution >= 0.6 is 11.6 Å². The maximum absolute atomic E-state index is 14.4. The molecule has 1 amide bonds. The minimum Gasteiger partial charge on any atom is -0.459 e. The number of carbonyl (C=O) groups excluding carboxylic acids is 1. The minimum atomic E-state index is -1.51. The van der Waals surface area contributed by atoms with Crippen LogP contribution in [-0.2, 0) is 20.9 Å². The molecule has 0 aromatic heterocycles. The van der Waals surface area contributed by atoms with Crippen molar-refractivity contribution in [2.24, 2.45) is 22.9 Å². The molecule has 0 radical (unpaired) electrons. The van der Waals surface area contributed by atoms with Crippen LogP contribution in [0.3, 0.4) is 0 Å². The van der Waals surface area contributed by atoms with Crippen molar-refractivity contribution in [2.45, 2.75) is 76.2 Å². The highest BCUT2D eigenvalue weighted by Gasteiger charge is 2.65. The lowest BCUT2D eigenvalue weighted by Crippen LogP contribution is -2.70. The Morgan fingerprint density at radius 3 is 2.37 bits per heavy atom. The Labute approximate surface area is 374 Å². The summed E-state index contributed by atoms with van der Waals surface area (Å²) in [6.07, 6.45) is 7.96. The van der Waals surface area contributed by atoms with Gasteiger partial charge in [-0.15, -0.1) is 18.2 Å². The van der Waals surface area contributed by atoms with Crippen molar-refractivity contribution in [3.05, 3.63) is 138 Å². The third-order valence-electron chi connectivity index (χ3n) is 12.3. The first-order chi connectivity index (χ1) is 30.8. The molecule has 10 nitrogen and oxygen atoms in total. The number of rotatable bonds is 21. The summed E-state index contributed by atoms with van der Waals surface area (Å²) in [4.78, 5) is 21.9. The fourth-order valence-corrected chi connectivity index (χ4v) is 9.71. The number of carbonyl (C=O) groups is 1. The molecule has 4 aromatic rings. The van der Waals surface area contributed by atoms with Gasteiger partial charge in [-0.1, -0.05) is 84.7 Å². The zero-order valence-corrected chi connectivity index (χ0v) is 36.6. The van der Waals surface area contributed by atoms with E-state index in [9.17, 15) is 19.4 Å². The predicted octanol–water partition coefficient (Wildman–Crippen LogP) is 10.8. The Morgan fingerprint density at radius 1 is 0.952 bits per heavy atom. The summed E-state index contributed by atoms with van der Waals surface area (Å²) >= 11 is 6.06. The Morgan fingerprint density at radius 2 is 1.67 bits per heavy atom. The van der Waals surface area contributed by atoms with E-state index in [2.05, 4.69) is 30.9 Å². The first-order valence-corrected chi connectivity index (χ1v) is 22.6. The second-order valence-corrected chi connectivity index (χ2v) is 16.6.